The summed E-state index contributed by atoms with van der Waals surface area (Å²) in [5.41, 5.74) is 0.214. The highest BCUT2D eigenvalue weighted by atomic mass is 32.2. The lowest BCUT2D eigenvalue weighted by atomic mass is 9.57. The van der Waals surface area contributed by atoms with Gasteiger partial charge in [0.25, 0.3) is 0 Å². The average Bonchev–Trinajstić information content (AvgIpc) is 2.95. The lowest BCUT2D eigenvalue weighted by molar-refractivity contribution is -0.107. The summed E-state index contributed by atoms with van der Waals surface area (Å²) in [5, 5.41) is 4.51. The molecule has 5 heteroatoms. The van der Waals surface area contributed by atoms with E-state index in [4.69, 9.17) is 4.74 Å². The van der Waals surface area contributed by atoms with Gasteiger partial charge in [0.05, 0.1) is 6.10 Å². The molecule has 0 amide bonds. The molecule has 4 atom stereocenters. The molecule has 0 bridgehead atoms. The molecule has 1 aliphatic carbocycles. The van der Waals surface area contributed by atoms with Crippen LogP contribution in [0.4, 0.5) is 0 Å². The monoisotopic (exact) mass is 311 g/mol. The van der Waals surface area contributed by atoms with Crippen LogP contribution in [0.2, 0.25) is 0 Å². The standard InChI is InChI=1S/C16H29N3OS/c1-5-11-10-19(7-9-21-11)15(17-4)18-13-12-6-8-20-14(12)16(13,2)3/h11-14H,5-10H2,1-4H3,(H,17,18). The van der Waals surface area contributed by atoms with Crippen molar-refractivity contribution in [2.24, 2.45) is 16.3 Å². The molecule has 1 N–H and O–H groups in total. The summed E-state index contributed by atoms with van der Waals surface area (Å²) < 4.78 is 5.90. The number of hydrogen-bond acceptors (Lipinski definition) is 3. The Morgan fingerprint density at radius 1 is 1.48 bits per heavy atom. The fourth-order valence-corrected chi connectivity index (χ4v) is 5.39. The first-order valence-electron chi connectivity index (χ1n) is 8.29. The number of hydrogen-bond donors (Lipinski definition) is 1. The van der Waals surface area contributed by atoms with Crippen molar-refractivity contribution in [3.63, 3.8) is 0 Å². The molecule has 0 aromatic rings. The molecule has 3 rings (SSSR count). The summed E-state index contributed by atoms with van der Waals surface area (Å²) in [6.07, 6.45) is 2.87. The van der Waals surface area contributed by atoms with E-state index in [1.807, 2.05) is 7.05 Å². The van der Waals surface area contributed by atoms with Crippen LogP contribution in [0.1, 0.15) is 33.6 Å². The van der Waals surface area contributed by atoms with Crippen LogP contribution in [0.5, 0.6) is 0 Å². The van der Waals surface area contributed by atoms with Crippen LogP contribution in [0.15, 0.2) is 4.99 Å². The summed E-state index contributed by atoms with van der Waals surface area (Å²) in [5.74, 6) is 2.97. The highest BCUT2D eigenvalue weighted by molar-refractivity contribution is 8.00. The van der Waals surface area contributed by atoms with E-state index >= 15 is 0 Å². The number of fused-ring (bicyclic) bond motifs is 1. The van der Waals surface area contributed by atoms with E-state index in [-0.39, 0.29) is 5.41 Å². The van der Waals surface area contributed by atoms with Gasteiger partial charge in [0.2, 0.25) is 0 Å². The molecule has 2 saturated heterocycles. The Balaban J connectivity index is 1.65. The number of guanidine groups is 1. The predicted molar refractivity (Wildman–Crippen MR) is 90.0 cm³/mol. The highest BCUT2D eigenvalue weighted by Gasteiger charge is 2.59. The van der Waals surface area contributed by atoms with Gasteiger partial charge in [0.1, 0.15) is 0 Å². The third-order valence-electron chi connectivity index (χ3n) is 5.49. The van der Waals surface area contributed by atoms with Crippen molar-refractivity contribution in [2.75, 3.05) is 32.5 Å². The van der Waals surface area contributed by atoms with Crippen molar-refractivity contribution < 1.29 is 4.74 Å². The van der Waals surface area contributed by atoms with Gasteiger partial charge in [-0.3, -0.25) is 4.99 Å². The van der Waals surface area contributed by atoms with Crippen molar-refractivity contribution in [2.45, 2.75) is 51.0 Å². The summed E-state index contributed by atoms with van der Waals surface area (Å²) in [4.78, 5) is 7.01. The zero-order valence-corrected chi connectivity index (χ0v) is 14.6. The summed E-state index contributed by atoms with van der Waals surface area (Å²) in [6.45, 7) is 10.1. The Bertz CT molecular complexity index is 412. The van der Waals surface area contributed by atoms with Crippen LogP contribution >= 0.6 is 11.8 Å². The van der Waals surface area contributed by atoms with E-state index in [9.17, 15) is 0 Å². The topological polar surface area (TPSA) is 36.9 Å². The third-order valence-corrected chi connectivity index (χ3v) is 6.86. The third kappa shape index (κ3) is 2.67. The lowest BCUT2D eigenvalue weighted by Gasteiger charge is -2.55. The lowest BCUT2D eigenvalue weighted by Crippen LogP contribution is -2.68. The van der Waals surface area contributed by atoms with Crippen LogP contribution in [-0.4, -0.2) is 60.8 Å². The first-order valence-corrected chi connectivity index (χ1v) is 9.34. The first kappa shape index (κ1) is 15.5. The second-order valence-electron chi connectivity index (χ2n) is 7.08. The Hall–Kier alpha value is -0.420. The number of aliphatic imine (C=N–C) groups is 1. The number of ether oxygens (including phenoxy) is 1. The molecule has 4 nitrogen and oxygen atoms in total. The number of nitrogens with one attached hydrogen (secondary N) is 1. The fraction of sp³-hybridized carbons (Fsp3) is 0.938. The van der Waals surface area contributed by atoms with Gasteiger partial charge in [-0.2, -0.15) is 11.8 Å². The maximum Gasteiger partial charge on any atom is 0.193 e. The summed E-state index contributed by atoms with van der Waals surface area (Å²) in [7, 11) is 1.92. The minimum absolute atomic E-state index is 0.214. The van der Waals surface area contributed by atoms with Gasteiger partial charge in [-0.05, 0) is 12.8 Å². The van der Waals surface area contributed by atoms with Gasteiger partial charge >= 0.3 is 0 Å². The van der Waals surface area contributed by atoms with E-state index < -0.39 is 0 Å². The van der Waals surface area contributed by atoms with Crippen LogP contribution in [0.25, 0.3) is 0 Å². The molecule has 120 valence electrons. The molecule has 2 aliphatic heterocycles. The van der Waals surface area contributed by atoms with Crippen molar-refractivity contribution in [1.82, 2.24) is 10.2 Å². The minimum Gasteiger partial charge on any atom is -0.377 e. The first-order chi connectivity index (χ1) is 10.1. The van der Waals surface area contributed by atoms with Gasteiger partial charge in [-0.15, -0.1) is 0 Å². The number of thioether (sulfide) groups is 1. The second-order valence-corrected chi connectivity index (χ2v) is 8.49. The van der Waals surface area contributed by atoms with Crippen molar-refractivity contribution in [3.8, 4) is 0 Å². The molecule has 0 spiro atoms. The van der Waals surface area contributed by atoms with Crippen LogP contribution in [0, 0.1) is 11.3 Å². The fourth-order valence-electron chi connectivity index (χ4n) is 4.21. The summed E-state index contributed by atoms with van der Waals surface area (Å²) in [6, 6.07) is 0.498. The summed E-state index contributed by atoms with van der Waals surface area (Å²) >= 11 is 2.10. The average molecular weight is 311 g/mol. The smallest absolute Gasteiger partial charge is 0.193 e. The van der Waals surface area contributed by atoms with Crippen LogP contribution in [0.3, 0.4) is 0 Å². The normalized spacial score (nSPS) is 38.9. The van der Waals surface area contributed by atoms with E-state index in [1.54, 1.807) is 0 Å². The number of nitrogens with zero attached hydrogens (tertiary/aromatic N) is 2. The Kier molecular flexibility index (Phi) is 4.42. The minimum atomic E-state index is 0.214. The van der Waals surface area contributed by atoms with Gasteiger partial charge < -0.3 is 15.0 Å². The van der Waals surface area contributed by atoms with Gasteiger partial charge in [-0.25, -0.2) is 0 Å². The van der Waals surface area contributed by atoms with Gasteiger partial charge in [0.15, 0.2) is 5.96 Å². The Morgan fingerprint density at radius 3 is 3.00 bits per heavy atom. The molecule has 4 unspecified atom stereocenters. The SMILES string of the molecule is CCC1CN(C(=NC)NC2C3CCOC3C2(C)C)CCS1. The zero-order valence-electron chi connectivity index (χ0n) is 13.8. The quantitative estimate of drug-likeness (QED) is 0.627. The Morgan fingerprint density at radius 2 is 2.29 bits per heavy atom. The van der Waals surface area contributed by atoms with E-state index in [0.29, 0.717) is 18.1 Å². The molecule has 2 heterocycles. The molecule has 0 radical (unpaired) electrons. The van der Waals surface area contributed by atoms with E-state index in [2.05, 4.69) is 47.7 Å². The molecule has 0 aromatic carbocycles. The van der Waals surface area contributed by atoms with Crippen molar-refractivity contribution in [1.29, 1.82) is 0 Å². The molecular weight excluding hydrogens is 282 g/mol. The van der Waals surface area contributed by atoms with Crippen LogP contribution < -0.4 is 5.32 Å². The largest absolute Gasteiger partial charge is 0.377 e. The van der Waals surface area contributed by atoms with Gasteiger partial charge in [0, 0.05) is 55.1 Å². The molecule has 3 fully saturated rings. The molecule has 3 aliphatic rings. The molecule has 21 heavy (non-hydrogen) atoms. The maximum atomic E-state index is 5.90. The van der Waals surface area contributed by atoms with Crippen molar-refractivity contribution >= 4 is 17.7 Å². The number of rotatable bonds is 2. The van der Waals surface area contributed by atoms with Gasteiger partial charge in [-0.1, -0.05) is 20.8 Å². The van der Waals surface area contributed by atoms with E-state index in [0.717, 1.165) is 30.9 Å². The van der Waals surface area contributed by atoms with Crippen LogP contribution in [-0.2, 0) is 4.74 Å². The van der Waals surface area contributed by atoms with Crippen molar-refractivity contribution in [3.05, 3.63) is 0 Å². The predicted octanol–water partition coefficient (Wildman–Crippen LogP) is 2.20. The molecular formula is C16H29N3OS. The maximum absolute atomic E-state index is 5.90. The molecule has 1 saturated carbocycles. The Labute approximate surface area is 133 Å². The zero-order chi connectivity index (χ0) is 15.0. The van der Waals surface area contributed by atoms with E-state index in [1.165, 1.54) is 18.6 Å². The highest BCUT2D eigenvalue weighted by Crippen LogP contribution is 2.52. The molecule has 0 aromatic heterocycles. The second kappa shape index (κ2) is 5.99.